The summed E-state index contributed by atoms with van der Waals surface area (Å²) in [4.78, 5) is 0. The molecule has 0 saturated heterocycles. The summed E-state index contributed by atoms with van der Waals surface area (Å²) < 4.78 is 19.9. The molecule has 2 aromatic carbocycles. The van der Waals surface area contributed by atoms with Gasteiger partial charge in [0, 0.05) is 18.0 Å². The van der Waals surface area contributed by atoms with Crippen LogP contribution >= 0.6 is 0 Å². The second-order valence-corrected chi connectivity index (χ2v) is 5.62. The fraction of sp³-hybridized carbons (Fsp3) is 0.222. The molecule has 106 valence electrons. The molecule has 3 aromatic rings. The first-order valence-corrected chi connectivity index (χ1v) is 7.30. The first-order valence-electron chi connectivity index (χ1n) is 7.30. The van der Waals surface area contributed by atoms with Crippen molar-refractivity contribution in [2.75, 3.05) is 0 Å². The third-order valence-electron chi connectivity index (χ3n) is 3.89. The number of nitrogens with one attached hydrogen (secondary N) is 1. The van der Waals surface area contributed by atoms with Gasteiger partial charge in [-0.3, -0.25) is 0 Å². The maximum absolute atomic E-state index is 14.1. The van der Waals surface area contributed by atoms with Crippen LogP contribution in [0.4, 0.5) is 4.39 Å². The van der Waals surface area contributed by atoms with E-state index < -0.39 is 0 Å². The minimum atomic E-state index is -0.246. The number of rotatable bonds is 4. The molecule has 0 spiro atoms. The van der Waals surface area contributed by atoms with E-state index in [1.807, 2.05) is 42.5 Å². The average molecular weight is 281 g/mol. The van der Waals surface area contributed by atoms with Crippen molar-refractivity contribution in [2.24, 2.45) is 0 Å². The summed E-state index contributed by atoms with van der Waals surface area (Å²) in [6.45, 7) is 0.776. The lowest BCUT2D eigenvalue weighted by Gasteiger charge is -2.06. The minimum Gasteiger partial charge on any atom is -0.456 e. The zero-order valence-corrected chi connectivity index (χ0v) is 11.6. The van der Waals surface area contributed by atoms with Gasteiger partial charge in [0.15, 0.2) is 0 Å². The van der Waals surface area contributed by atoms with Crippen molar-refractivity contribution in [3.8, 4) is 11.3 Å². The van der Waals surface area contributed by atoms with Crippen molar-refractivity contribution in [3.05, 3.63) is 59.9 Å². The van der Waals surface area contributed by atoms with Crippen molar-refractivity contribution in [3.63, 3.8) is 0 Å². The van der Waals surface area contributed by atoms with Gasteiger partial charge in [0.2, 0.25) is 0 Å². The molecule has 0 unspecified atom stereocenters. The monoisotopic (exact) mass is 281 g/mol. The van der Waals surface area contributed by atoms with Gasteiger partial charge in [-0.15, -0.1) is 0 Å². The summed E-state index contributed by atoms with van der Waals surface area (Å²) in [6, 6.07) is 15.5. The lowest BCUT2D eigenvalue weighted by Crippen LogP contribution is -2.15. The van der Waals surface area contributed by atoms with Crippen molar-refractivity contribution in [1.29, 1.82) is 0 Å². The highest BCUT2D eigenvalue weighted by Crippen LogP contribution is 2.30. The van der Waals surface area contributed by atoms with Crippen molar-refractivity contribution < 1.29 is 8.81 Å². The fourth-order valence-corrected chi connectivity index (χ4v) is 2.54. The molecule has 0 amide bonds. The standard InChI is InChI=1S/C18H16FNO/c19-16-8-5-12(11-20-14-6-7-14)9-15(16)18-10-13-3-1-2-4-17(13)21-18/h1-5,8-10,14,20H,6-7,11H2. The van der Waals surface area contributed by atoms with Crippen LogP contribution in [-0.2, 0) is 6.54 Å². The number of hydrogen-bond donors (Lipinski definition) is 1. The van der Waals surface area contributed by atoms with E-state index in [9.17, 15) is 4.39 Å². The van der Waals surface area contributed by atoms with Crippen LogP contribution in [0.2, 0.25) is 0 Å². The Morgan fingerprint density at radius 1 is 1.10 bits per heavy atom. The van der Waals surface area contributed by atoms with Gasteiger partial charge in [-0.1, -0.05) is 24.3 Å². The zero-order valence-electron chi connectivity index (χ0n) is 11.6. The van der Waals surface area contributed by atoms with Gasteiger partial charge in [0.1, 0.15) is 17.2 Å². The second kappa shape index (κ2) is 5.01. The van der Waals surface area contributed by atoms with Gasteiger partial charge in [-0.05, 0) is 42.7 Å². The molecule has 2 nitrogen and oxygen atoms in total. The van der Waals surface area contributed by atoms with Crippen LogP contribution in [0.1, 0.15) is 18.4 Å². The van der Waals surface area contributed by atoms with E-state index >= 15 is 0 Å². The Kier molecular flexibility index (Phi) is 3.00. The Morgan fingerprint density at radius 3 is 2.76 bits per heavy atom. The summed E-state index contributed by atoms with van der Waals surface area (Å²) >= 11 is 0. The molecule has 1 aliphatic carbocycles. The van der Waals surface area contributed by atoms with Crippen molar-refractivity contribution >= 4 is 11.0 Å². The van der Waals surface area contributed by atoms with E-state index in [0.717, 1.165) is 23.1 Å². The highest BCUT2D eigenvalue weighted by Gasteiger charge is 2.20. The first kappa shape index (κ1) is 12.6. The van der Waals surface area contributed by atoms with Crippen LogP contribution in [0.3, 0.4) is 0 Å². The number of para-hydroxylation sites is 1. The van der Waals surface area contributed by atoms with Crippen LogP contribution in [0.15, 0.2) is 52.9 Å². The molecule has 0 aliphatic heterocycles. The topological polar surface area (TPSA) is 25.2 Å². The lowest BCUT2D eigenvalue weighted by atomic mass is 10.1. The predicted molar refractivity (Wildman–Crippen MR) is 81.5 cm³/mol. The van der Waals surface area contributed by atoms with Crippen molar-refractivity contribution in [1.82, 2.24) is 5.32 Å². The quantitative estimate of drug-likeness (QED) is 0.762. The Labute approximate surface area is 122 Å². The molecule has 1 aromatic heterocycles. The van der Waals surface area contributed by atoms with Gasteiger partial charge >= 0.3 is 0 Å². The van der Waals surface area contributed by atoms with Gasteiger partial charge in [-0.25, -0.2) is 4.39 Å². The molecule has 1 N–H and O–H groups in total. The lowest BCUT2D eigenvalue weighted by molar-refractivity contribution is 0.600. The number of furan rings is 1. The third-order valence-corrected chi connectivity index (χ3v) is 3.89. The summed E-state index contributed by atoms with van der Waals surface area (Å²) in [6.07, 6.45) is 2.50. The van der Waals surface area contributed by atoms with Crippen LogP contribution in [-0.4, -0.2) is 6.04 Å². The summed E-state index contributed by atoms with van der Waals surface area (Å²) in [7, 11) is 0. The van der Waals surface area contributed by atoms with E-state index in [2.05, 4.69) is 5.32 Å². The number of hydrogen-bond acceptors (Lipinski definition) is 2. The van der Waals surface area contributed by atoms with Crippen LogP contribution in [0.5, 0.6) is 0 Å². The Balaban J connectivity index is 1.69. The average Bonchev–Trinajstić information content (AvgIpc) is 3.23. The normalized spacial score (nSPS) is 14.7. The molecule has 1 aliphatic rings. The largest absolute Gasteiger partial charge is 0.456 e. The smallest absolute Gasteiger partial charge is 0.138 e. The van der Waals surface area contributed by atoms with Crippen LogP contribution in [0, 0.1) is 5.82 Å². The molecule has 1 heterocycles. The minimum absolute atomic E-state index is 0.246. The van der Waals surface area contributed by atoms with E-state index in [4.69, 9.17) is 4.42 Å². The molecular formula is C18H16FNO. The fourth-order valence-electron chi connectivity index (χ4n) is 2.54. The maximum Gasteiger partial charge on any atom is 0.138 e. The number of benzene rings is 2. The third kappa shape index (κ3) is 2.57. The summed E-state index contributed by atoms with van der Waals surface area (Å²) in [5.41, 5.74) is 2.40. The molecule has 1 saturated carbocycles. The van der Waals surface area contributed by atoms with Crippen molar-refractivity contribution in [2.45, 2.75) is 25.4 Å². The Hall–Kier alpha value is -2.13. The molecule has 4 rings (SSSR count). The van der Waals surface area contributed by atoms with E-state index in [1.165, 1.54) is 18.9 Å². The second-order valence-electron chi connectivity index (χ2n) is 5.62. The van der Waals surface area contributed by atoms with Gasteiger partial charge in [0.25, 0.3) is 0 Å². The predicted octanol–water partition coefficient (Wildman–Crippen LogP) is 4.49. The van der Waals surface area contributed by atoms with Gasteiger partial charge in [-0.2, -0.15) is 0 Å². The summed E-state index contributed by atoms with van der Waals surface area (Å²) in [5, 5.41) is 4.44. The SMILES string of the molecule is Fc1ccc(CNC2CC2)cc1-c1cc2ccccc2o1. The van der Waals surface area contributed by atoms with Gasteiger partial charge < -0.3 is 9.73 Å². The Bertz CT molecular complexity index is 756. The molecule has 0 radical (unpaired) electrons. The maximum atomic E-state index is 14.1. The number of fused-ring (bicyclic) bond motifs is 1. The Morgan fingerprint density at radius 2 is 1.95 bits per heavy atom. The molecule has 1 fully saturated rings. The highest BCUT2D eigenvalue weighted by atomic mass is 19.1. The molecule has 3 heteroatoms. The molecule has 0 bridgehead atoms. The molecular weight excluding hydrogens is 265 g/mol. The van der Waals surface area contributed by atoms with Crippen LogP contribution in [0.25, 0.3) is 22.3 Å². The number of halogens is 1. The van der Waals surface area contributed by atoms with E-state index in [1.54, 1.807) is 0 Å². The van der Waals surface area contributed by atoms with Gasteiger partial charge in [0.05, 0.1) is 5.56 Å². The van der Waals surface area contributed by atoms with E-state index in [0.29, 0.717) is 17.4 Å². The van der Waals surface area contributed by atoms with E-state index in [-0.39, 0.29) is 5.82 Å². The first-order chi connectivity index (χ1) is 10.3. The zero-order chi connectivity index (χ0) is 14.2. The van der Waals surface area contributed by atoms with Crippen LogP contribution < -0.4 is 5.32 Å². The molecule has 21 heavy (non-hydrogen) atoms. The summed E-state index contributed by atoms with van der Waals surface area (Å²) in [5.74, 6) is 0.339. The molecule has 0 atom stereocenters. The highest BCUT2D eigenvalue weighted by molar-refractivity contribution is 5.82.